The van der Waals surface area contributed by atoms with E-state index >= 15 is 0 Å². The van der Waals surface area contributed by atoms with Crippen LogP contribution in [0.5, 0.6) is 0 Å². The molecule has 0 amide bonds. The largest absolute Gasteiger partial charge is 0.379 e. The molecule has 0 spiro atoms. The van der Waals surface area contributed by atoms with Crippen LogP contribution in [0.15, 0.2) is 12.7 Å². The fraction of sp³-hybridized carbons (Fsp3) is 0.875. The third-order valence-corrected chi connectivity index (χ3v) is 3.48. The first-order valence-corrected chi connectivity index (χ1v) is 8.35. The topological polar surface area (TPSA) is 124 Å². The van der Waals surface area contributed by atoms with Gasteiger partial charge in [0.15, 0.2) is 6.29 Å². The Balaban J connectivity index is 4.02. The molecular formula is C16H35N3O5. The predicted octanol–water partition coefficient (Wildman–Crippen LogP) is -0.536. The molecule has 1 atom stereocenters. The van der Waals surface area contributed by atoms with Crippen LogP contribution in [0, 0.1) is 5.41 Å². The molecule has 0 bridgehead atoms. The van der Waals surface area contributed by atoms with E-state index in [4.69, 9.17) is 40.9 Å². The van der Waals surface area contributed by atoms with E-state index in [-0.39, 0.29) is 6.61 Å². The van der Waals surface area contributed by atoms with Crippen molar-refractivity contribution >= 4 is 0 Å². The van der Waals surface area contributed by atoms with E-state index in [9.17, 15) is 0 Å². The molecule has 0 fully saturated rings. The highest BCUT2D eigenvalue weighted by atomic mass is 16.7. The minimum absolute atomic E-state index is 0.276. The lowest BCUT2D eigenvalue weighted by molar-refractivity contribution is -0.181. The van der Waals surface area contributed by atoms with Gasteiger partial charge in [-0.1, -0.05) is 6.08 Å². The summed E-state index contributed by atoms with van der Waals surface area (Å²) < 4.78 is 27.3. The Morgan fingerprint density at radius 1 is 0.917 bits per heavy atom. The van der Waals surface area contributed by atoms with Crippen molar-refractivity contribution in [2.45, 2.75) is 13.2 Å². The van der Waals surface area contributed by atoms with Gasteiger partial charge in [-0.15, -0.1) is 6.58 Å². The molecule has 0 saturated carbocycles. The standard InChI is InChI=1S/C16H35N3O5/c1-3-5-23-15(24-14-16(11-17,12-18)13-19)10-22-9-8-21-7-6-20-4-2/h3,15H,1,4-14,17-19H2,2H3. The van der Waals surface area contributed by atoms with Crippen LogP contribution in [0.1, 0.15) is 6.92 Å². The SMILES string of the molecule is C=CCOC(COCCOCCOCC)OCC(CN)(CN)CN. The minimum atomic E-state index is -0.532. The summed E-state index contributed by atoms with van der Waals surface area (Å²) in [4.78, 5) is 0. The van der Waals surface area contributed by atoms with E-state index in [0.717, 1.165) is 0 Å². The molecular weight excluding hydrogens is 314 g/mol. The normalized spacial score (nSPS) is 13.2. The summed E-state index contributed by atoms with van der Waals surface area (Å²) >= 11 is 0. The molecule has 0 heterocycles. The summed E-state index contributed by atoms with van der Waals surface area (Å²) in [5.41, 5.74) is 16.8. The summed E-state index contributed by atoms with van der Waals surface area (Å²) in [5, 5.41) is 0. The van der Waals surface area contributed by atoms with Crippen molar-refractivity contribution in [1.82, 2.24) is 0 Å². The fourth-order valence-corrected chi connectivity index (χ4v) is 1.68. The van der Waals surface area contributed by atoms with Gasteiger partial charge >= 0.3 is 0 Å². The van der Waals surface area contributed by atoms with Gasteiger partial charge in [-0.3, -0.25) is 0 Å². The molecule has 0 aromatic heterocycles. The molecule has 0 radical (unpaired) electrons. The maximum absolute atomic E-state index is 5.75. The average molecular weight is 349 g/mol. The maximum Gasteiger partial charge on any atom is 0.181 e. The summed E-state index contributed by atoms with van der Waals surface area (Å²) in [6.07, 6.45) is 1.12. The van der Waals surface area contributed by atoms with E-state index in [1.54, 1.807) is 6.08 Å². The van der Waals surface area contributed by atoms with Crippen molar-refractivity contribution in [3.63, 3.8) is 0 Å². The van der Waals surface area contributed by atoms with E-state index < -0.39 is 11.7 Å². The molecule has 0 saturated heterocycles. The first kappa shape index (κ1) is 23.4. The number of hydrogen-bond acceptors (Lipinski definition) is 8. The fourth-order valence-electron chi connectivity index (χ4n) is 1.68. The molecule has 0 rings (SSSR count). The predicted molar refractivity (Wildman–Crippen MR) is 93.6 cm³/mol. The first-order chi connectivity index (χ1) is 11.7. The molecule has 6 N–H and O–H groups in total. The van der Waals surface area contributed by atoms with Crippen LogP contribution in [-0.4, -0.2) is 78.8 Å². The van der Waals surface area contributed by atoms with Gasteiger partial charge in [0.1, 0.15) is 0 Å². The minimum Gasteiger partial charge on any atom is -0.379 e. The lowest BCUT2D eigenvalue weighted by Gasteiger charge is -2.31. The Kier molecular flexibility index (Phi) is 15.5. The van der Waals surface area contributed by atoms with Crippen LogP contribution in [0.2, 0.25) is 0 Å². The molecule has 0 aliphatic carbocycles. The Bertz CT molecular complexity index is 283. The molecule has 0 aromatic rings. The maximum atomic E-state index is 5.75. The smallest absolute Gasteiger partial charge is 0.181 e. The van der Waals surface area contributed by atoms with E-state index in [2.05, 4.69) is 6.58 Å². The second-order valence-electron chi connectivity index (χ2n) is 5.36. The van der Waals surface area contributed by atoms with Crippen molar-refractivity contribution in [2.24, 2.45) is 22.6 Å². The van der Waals surface area contributed by atoms with Gasteiger partial charge in [0.2, 0.25) is 0 Å². The molecule has 0 aromatic carbocycles. The first-order valence-electron chi connectivity index (χ1n) is 8.35. The summed E-state index contributed by atoms with van der Waals surface area (Å²) in [5.74, 6) is 0. The highest BCUT2D eigenvalue weighted by Gasteiger charge is 2.27. The molecule has 8 heteroatoms. The van der Waals surface area contributed by atoms with Gasteiger partial charge in [0.05, 0.1) is 46.2 Å². The number of nitrogens with two attached hydrogens (primary N) is 3. The van der Waals surface area contributed by atoms with Gasteiger partial charge in [0, 0.05) is 31.7 Å². The van der Waals surface area contributed by atoms with Crippen LogP contribution in [-0.2, 0) is 23.7 Å². The zero-order chi connectivity index (χ0) is 18.1. The van der Waals surface area contributed by atoms with Crippen LogP contribution in [0.25, 0.3) is 0 Å². The molecule has 0 aliphatic heterocycles. The summed E-state index contributed by atoms with van der Waals surface area (Å²) in [7, 11) is 0. The summed E-state index contributed by atoms with van der Waals surface area (Å²) in [6, 6.07) is 0. The Morgan fingerprint density at radius 3 is 2.04 bits per heavy atom. The third-order valence-electron chi connectivity index (χ3n) is 3.48. The van der Waals surface area contributed by atoms with Crippen molar-refractivity contribution in [1.29, 1.82) is 0 Å². The van der Waals surface area contributed by atoms with Gasteiger partial charge in [0.25, 0.3) is 0 Å². The van der Waals surface area contributed by atoms with Crippen LogP contribution in [0.4, 0.5) is 0 Å². The van der Waals surface area contributed by atoms with Crippen molar-refractivity contribution in [3.8, 4) is 0 Å². The van der Waals surface area contributed by atoms with Crippen LogP contribution >= 0.6 is 0 Å². The second-order valence-corrected chi connectivity index (χ2v) is 5.36. The van der Waals surface area contributed by atoms with Gasteiger partial charge in [-0.2, -0.15) is 0 Å². The van der Waals surface area contributed by atoms with Crippen LogP contribution in [0.3, 0.4) is 0 Å². The number of rotatable bonds is 18. The molecule has 1 unspecified atom stereocenters. The van der Waals surface area contributed by atoms with Crippen molar-refractivity contribution in [2.75, 3.05) is 72.5 Å². The average Bonchev–Trinajstić information content (AvgIpc) is 2.62. The number of ether oxygens (including phenoxy) is 5. The monoisotopic (exact) mass is 349 g/mol. The Hall–Kier alpha value is -0.580. The lowest BCUT2D eigenvalue weighted by Crippen LogP contribution is -2.48. The van der Waals surface area contributed by atoms with Gasteiger partial charge in [-0.25, -0.2) is 0 Å². The molecule has 0 aliphatic rings. The Labute approximate surface area is 145 Å². The van der Waals surface area contributed by atoms with Crippen molar-refractivity contribution < 1.29 is 23.7 Å². The quantitative estimate of drug-likeness (QED) is 0.171. The molecule has 8 nitrogen and oxygen atoms in total. The van der Waals surface area contributed by atoms with Gasteiger partial charge < -0.3 is 40.9 Å². The Morgan fingerprint density at radius 2 is 1.50 bits per heavy atom. The number of hydrogen-bond donors (Lipinski definition) is 3. The zero-order valence-corrected chi connectivity index (χ0v) is 14.9. The third kappa shape index (κ3) is 11.1. The highest BCUT2D eigenvalue weighted by molar-refractivity contribution is 4.82. The van der Waals surface area contributed by atoms with Crippen molar-refractivity contribution in [3.05, 3.63) is 12.7 Å². The highest BCUT2D eigenvalue weighted by Crippen LogP contribution is 2.14. The lowest BCUT2D eigenvalue weighted by atomic mass is 9.89. The van der Waals surface area contributed by atoms with E-state index in [1.165, 1.54) is 0 Å². The molecule has 144 valence electrons. The molecule has 24 heavy (non-hydrogen) atoms. The summed E-state index contributed by atoms with van der Waals surface area (Å²) in [6.45, 7) is 10.3. The van der Waals surface area contributed by atoms with E-state index in [1.807, 2.05) is 6.92 Å². The van der Waals surface area contributed by atoms with E-state index in [0.29, 0.717) is 65.9 Å². The second kappa shape index (κ2) is 15.9. The van der Waals surface area contributed by atoms with Gasteiger partial charge in [-0.05, 0) is 6.92 Å². The zero-order valence-electron chi connectivity index (χ0n) is 14.9. The van der Waals surface area contributed by atoms with Crippen LogP contribution < -0.4 is 17.2 Å².